The van der Waals surface area contributed by atoms with E-state index in [1.54, 1.807) is 0 Å². The third-order valence-corrected chi connectivity index (χ3v) is 4.26. The molecule has 27 heavy (non-hydrogen) atoms. The van der Waals surface area contributed by atoms with Gasteiger partial charge in [0.15, 0.2) is 0 Å². The van der Waals surface area contributed by atoms with Crippen LogP contribution in [0.4, 0.5) is 4.79 Å². The van der Waals surface area contributed by atoms with E-state index in [0.717, 1.165) is 5.56 Å². The molecule has 3 rings (SSSR count). The average molecular weight is 366 g/mol. The van der Waals surface area contributed by atoms with E-state index in [1.807, 2.05) is 68.4 Å². The highest BCUT2D eigenvalue weighted by Gasteiger charge is 2.34. The van der Waals surface area contributed by atoms with E-state index < -0.39 is 12.0 Å². The summed E-state index contributed by atoms with van der Waals surface area (Å²) in [5, 5.41) is 5.54. The predicted molar refractivity (Wildman–Crippen MR) is 101 cm³/mol. The Morgan fingerprint density at radius 2 is 1.74 bits per heavy atom. The number of para-hydroxylation sites is 1. The monoisotopic (exact) mass is 366 g/mol. The van der Waals surface area contributed by atoms with Gasteiger partial charge in [0.1, 0.15) is 11.5 Å². The topological polar surface area (TPSA) is 76.7 Å². The average Bonchev–Trinajstić information content (AvgIpc) is 2.67. The summed E-state index contributed by atoms with van der Waals surface area (Å²) < 4.78 is 10.8. The second kappa shape index (κ2) is 7.95. The largest absolute Gasteiger partial charge is 0.466 e. The molecular formula is C21H22N2O4. The molecule has 2 aromatic rings. The fraction of sp³-hybridized carbons (Fsp3) is 0.238. The summed E-state index contributed by atoms with van der Waals surface area (Å²) in [4.78, 5) is 24.6. The number of rotatable bonds is 5. The Hall–Kier alpha value is -3.28. The number of allylic oxidation sites excluding steroid dienone is 1. The van der Waals surface area contributed by atoms with Gasteiger partial charge in [0.05, 0.1) is 18.7 Å². The second-order valence-corrected chi connectivity index (χ2v) is 6.49. The van der Waals surface area contributed by atoms with Crippen LogP contribution >= 0.6 is 0 Å². The van der Waals surface area contributed by atoms with Crippen LogP contribution in [0.3, 0.4) is 0 Å². The highest BCUT2D eigenvalue weighted by molar-refractivity contribution is 5.95. The maximum absolute atomic E-state index is 12.4. The summed E-state index contributed by atoms with van der Waals surface area (Å²) in [6.07, 6.45) is 0. The van der Waals surface area contributed by atoms with Gasteiger partial charge in [0.25, 0.3) is 0 Å². The number of methoxy groups -OCH3 is 1. The molecule has 0 saturated carbocycles. The van der Waals surface area contributed by atoms with Gasteiger partial charge < -0.3 is 20.1 Å². The first-order valence-electron chi connectivity index (χ1n) is 8.72. The maximum atomic E-state index is 12.4. The van der Waals surface area contributed by atoms with E-state index in [1.165, 1.54) is 7.11 Å². The van der Waals surface area contributed by atoms with E-state index in [0.29, 0.717) is 22.8 Å². The fourth-order valence-corrected chi connectivity index (χ4v) is 3.01. The molecule has 2 N–H and O–H groups in total. The number of esters is 1. The van der Waals surface area contributed by atoms with Crippen molar-refractivity contribution in [3.63, 3.8) is 0 Å². The van der Waals surface area contributed by atoms with E-state index in [9.17, 15) is 9.59 Å². The van der Waals surface area contributed by atoms with Crippen LogP contribution in [-0.4, -0.2) is 19.1 Å². The molecule has 1 aliphatic rings. The number of amides is 2. The van der Waals surface area contributed by atoms with E-state index in [2.05, 4.69) is 10.6 Å². The number of hydrogen-bond acceptors (Lipinski definition) is 4. The summed E-state index contributed by atoms with van der Waals surface area (Å²) in [7, 11) is 1.33. The lowest BCUT2D eigenvalue weighted by Crippen LogP contribution is -2.47. The summed E-state index contributed by atoms with van der Waals surface area (Å²) in [5.74, 6) is 0.791. The van der Waals surface area contributed by atoms with Crippen molar-refractivity contribution in [1.82, 2.24) is 10.6 Å². The van der Waals surface area contributed by atoms with Gasteiger partial charge in [-0.1, -0.05) is 44.2 Å². The Labute approximate surface area is 158 Å². The molecule has 6 nitrogen and oxygen atoms in total. The number of carbonyl (C=O) groups excluding carboxylic acids is 2. The Kier molecular flexibility index (Phi) is 5.45. The van der Waals surface area contributed by atoms with Gasteiger partial charge in [0, 0.05) is 5.70 Å². The molecule has 1 aliphatic heterocycles. The second-order valence-electron chi connectivity index (χ2n) is 6.49. The Morgan fingerprint density at radius 3 is 2.41 bits per heavy atom. The summed E-state index contributed by atoms with van der Waals surface area (Å²) in [6.45, 7) is 3.83. The molecule has 0 saturated heterocycles. The van der Waals surface area contributed by atoms with E-state index >= 15 is 0 Å². The molecule has 0 spiro atoms. The number of hydrogen-bond donors (Lipinski definition) is 2. The SMILES string of the molecule is COC(=O)C1=C(C(C)C)NC(=O)NC1c1cccc(Oc2ccccc2)c1. The molecule has 0 bridgehead atoms. The first kappa shape index (κ1) is 18.5. The lowest BCUT2D eigenvalue weighted by molar-refractivity contribution is -0.136. The standard InChI is InChI=1S/C21H22N2O4/c1-13(2)18-17(20(24)26-3)19(23-21(25)22-18)14-8-7-11-16(12-14)27-15-9-5-4-6-10-15/h4-13,19H,1-3H3,(H2,22,23,25). The minimum atomic E-state index is -0.622. The van der Waals surface area contributed by atoms with Crippen LogP contribution < -0.4 is 15.4 Å². The predicted octanol–water partition coefficient (Wildman–Crippen LogP) is 3.92. The minimum Gasteiger partial charge on any atom is -0.466 e. The van der Waals surface area contributed by atoms with Crippen molar-refractivity contribution in [3.05, 3.63) is 71.4 Å². The van der Waals surface area contributed by atoms with Crippen molar-refractivity contribution >= 4 is 12.0 Å². The number of ether oxygens (including phenoxy) is 2. The lowest BCUT2D eigenvalue weighted by Gasteiger charge is -2.30. The molecule has 0 aliphatic carbocycles. The minimum absolute atomic E-state index is 0.0450. The number of benzene rings is 2. The molecule has 0 aromatic heterocycles. The smallest absolute Gasteiger partial charge is 0.337 e. The molecule has 2 amide bonds. The third kappa shape index (κ3) is 4.11. The van der Waals surface area contributed by atoms with Crippen molar-refractivity contribution in [3.8, 4) is 11.5 Å². The maximum Gasteiger partial charge on any atom is 0.337 e. The molecule has 6 heteroatoms. The van der Waals surface area contributed by atoms with Crippen molar-refractivity contribution in [2.45, 2.75) is 19.9 Å². The van der Waals surface area contributed by atoms with Gasteiger partial charge >= 0.3 is 12.0 Å². The van der Waals surface area contributed by atoms with Crippen LogP contribution in [-0.2, 0) is 9.53 Å². The Bertz CT molecular complexity index is 875. The summed E-state index contributed by atoms with van der Waals surface area (Å²) in [6, 6.07) is 15.7. The van der Waals surface area contributed by atoms with Crippen molar-refractivity contribution < 1.29 is 19.1 Å². The molecule has 0 radical (unpaired) electrons. The van der Waals surface area contributed by atoms with Gasteiger partial charge in [-0.15, -0.1) is 0 Å². The molecule has 140 valence electrons. The van der Waals surface area contributed by atoms with Crippen LogP contribution in [0.2, 0.25) is 0 Å². The van der Waals surface area contributed by atoms with Gasteiger partial charge in [-0.3, -0.25) is 0 Å². The van der Waals surface area contributed by atoms with Crippen molar-refractivity contribution in [1.29, 1.82) is 0 Å². The molecule has 1 unspecified atom stereocenters. The van der Waals surface area contributed by atoms with Crippen LogP contribution in [0.15, 0.2) is 65.9 Å². The van der Waals surface area contributed by atoms with Gasteiger partial charge in [-0.2, -0.15) is 0 Å². The highest BCUT2D eigenvalue weighted by atomic mass is 16.5. The lowest BCUT2D eigenvalue weighted by atomic mass is 9.91. The fourth-order valence-electron chi connectivity index (χ4n) is 3.01. The number of urea groups is 1. The van der Waals surface area contributed by atoms with E-state index in [4.69, 9.17) is 9.47 Å². The molecule has 1 atom stereocenters. The first-order chi connectivity index (χ1) is 13.0. The van der Waals surface area contributed by atoms with Crippen LogP contribution in [0.5, 0.6) is 11.5 Å². The first-order valence-corrected chi connectivity index (χ1v) is 8.72. The van der Waals surface area contributed by atoms with Crippen LogP contribution in [0, 0.1) is 5.92 Å². The van der Waals surface area contributed by atoms with Crippen molar-refractivity contribution in [2.24, 2.45) is 5.92 Å². The van der Waals surface area contributed by atoms with Crippen LogP contribution in [0.25, 0.3) is 0 Å². The zero-order chi connectivity index (χ0) is 19.4. The Balaban J connectivity index is 2.00. The van der Waals surface area contributed by atoms with Crippen LogP contribution in [0.1, 0.15) is 25.5 Å². The van der Waals surface area contributed by atoms with E-state index in [-0.39, 0.29) is 11.9 Å². The number of carbonyl (C=O) groups is 2. The molecule has 2 aromatic carbocycles. The molecule has 1 heterocycles. The van der Waals surface area contributed by atoms with Gasteiger partial charge in [0.2, 0.25) is 0 Å². The van der Waals surface area contributed by atoms with Gasteiger partial charge in [-0.05, 0) is 35.7 Å². The summed E-state index contributed by atoms with van der Waals surface area (Å²) >= 11 is 0. The zero-order valence-corrected chi connectivity index (χ0v) is 15.5. The summed E-state index contributed by atoms with van der Waals surface area (Å²) in [5.41, 5.74) is 1.69. The zero-order valence-electron chi connectivity index (χ0n) is 15.5. The number of nitrogens with one attached hydrogen (secondary N) is 2. The van der Waals surface area contributed by atoms with Crippen molar-refractivity contribution in [2.75, 3.05) is 7.11 Å². The molecular weight excluding hydrogens is 344 g/mol. The highest BCUT2D eigenvalue weighted by Crippen LogP contribution is 2.32. The Morgan fingerprint density at radius 1 is 1.04 bits per heavy atom. The molecule has 0 fully saturated rings. The normalized spacial score (nSPS) is 16.6. The van der Waals surface area contributed by atoms with Gasteiger partial charge in [-0.25, -0.2) is 9.59 Å². The quantitative estimate of drug-likeness (QED) is 0.787. The third-order valence-electron chi connectivity index (χ3n) is 4.26.